The summed E-state index contributed by atoms with van der Waals surface area (Å²) >= 11 is 0. The van der Waals surface area contributed by atoms with Gasteiger partial charge in [0.25, 0.3) is 5.95 Å². The summed E-state index contributed by atoms with van der Waals surface area (Å²) in [5, 5.41) is 16.7. The van der Waals surface area contributed by atoms with Crippen LogP contribution >= 0.6 is 0 Å². The third-order valence-electron chi connectivity index (χ3n) is 0.897. The van der Waals surface area contributed by atoms with Crippen molar-refractivity contribution in [2.24, 2.45) is 5.41 Å². The van der Waals surface area contributed by atoms with E-state index in [2.05, 4.69) is 0 Å². The smallest absolute Gasteiger partial charge is 0.269 e. The van der Waals surface area contributed by atoms with E-state index in [1.165, 1.54) is 6.08 Å². The highest BCUT2D eigenvalue weighted by molar-refractivity contribution is 4.83. The molecule has 0 amide bonds. The largest absolute Gasteiger partial charge is 0.481 e. The van der Waals surface area contributed by atoms with E-state index in [0.29, 0.717) is 6.42 Å². The minimum atomic E-state index is -0.579. The van der Waals surface area contributed by atoms with E-state index in [0.717, 1.165) is 0 Å². The highest BCUT2D eigenvalue weighted by Gasteiger charge is 2.07. The summed E-state index contributed by atoms with van der Waals surface area (Å²) < 4.78 is 0. The van der Waals surface area contributed by atoms with Crippen molar-refractivity contribution < 1.29 is 10.2 Å². The molecule has 0 atom stereocenters. The lowest BCUT2D eigenvalue weighted by Gasteiger charge is -2.13. The number of rotatable bonds is 1. The van der Waals surface area contributed by atoms with Gasteiger partial charge >= 0.3 is 0 Å². The summed E-state index contributed by atoms with van der Waals surface area (Å²) in [4.78, 5) is 0. The van der Waals surface area contributed by atoms with Crippen LogP contribution in [0, 0.1) is 5.41 Å². The number of aliphatic hydroxyl groups is 2. The van der Waals surface area contributed by atoms with E-state index in [9.17, 15) is 0 Å². The fourth-order valence-corrected chi connectivity index (χ4v) is 0.397. The molecule has 9 heavy (non-hydrogen) atoms. The van der Waals surface area contributed by atoms with Crippen molar-refractivity contribution in [3.63, 3.8) is 0 Å². The molecule has 0 aliphatic rings. The van der Waals surface area contributed by atoms with Crippen molar-refractivity contribution in [2.45, 2.75) is 27.2 Å². The van der Waals surface area contributed by atoms with Gasteiger partial charge in [0.15, 0.2) is 0 Å². The van der Waals surface area contributed by atoms with Gasteiger partial charge in [0.05, 0.1) is 0 Å². The van der Waals surface area contributed by atoms with Crippen LogP contribution in [0.15, 0.2) is 12.0 Å². The molecular formula is C7H14O2. The molecule has 0 aromatic carbocycles. The molecule has 0 aromatic heterocycles. The van der Waals surface area contributed by atoms with Gasteiger partial charge < -0.3 is 10.2 Å². The van der Waals surface area contributed by atoms with Gasteiger partial charge in [0.1, 0.15) is 0 Å². The summed E-state index contributed by atoms with van der Waals surface area (Å²) in [6, 6.07) is 0. The van der Waals surface area contributed by atoms with Gasteiger partial charge in [0, 0.05) is 0 Å². The Morgan fingerprint density at radius 1 is 1.33 bits per heavy atom. The second-order valence-electron chi connectivity index (χ2n) is 3.33. The molecule has 0 aliphatic heterocycles. The molecule has 0 rings (SSSR count). The summed E-state index contributed by atoms with van der Waals surface area (Å²) in [7, 11) is 0. The van der Waals surface area contributed by atoms with Crippen molar-refractivity contribution >= 4 is 0 Å². The summed E-state index contributed by atoms with van der Waals surface area (Å²) in [6.45, 7) is 6.10. The molecule has 0 saturated carbocycles. The monoisotopic (exact) mass is 130 g/mol. The Balaban J connectivity index is 3.64. The maximum absolute atomic E-state index is 8.33. The lowest BCUT2D eigenvalue weighted by atomic mass is 9.92. The average Bonchev–Trinajstić information content (AvgIpc) is 1.59. The molecular weight excluding hydrogens is 116 g/mol. The van der Waals surface area contributed by atoms with Crippen molar-refractivity contribution in [1.82, 2.24) is 0 Å². The first-order valence-electron chi connectivity index (χ1n) is 3.00. The van der Waals surface area contributed by atoms with Gasteiger partial charge in [-0.15, -0.1) is 0 Å². The van der Waals surface area contributed by atoms with Gasteiger partial charge in [-0.25, -0.2) is 0 Å². The van der Waals surface area contributed by atoms with Crippen molar-refractivity contribution in [2.75, 3.05) is 0 Å². The second-order valence-corrected chi connectivity index (χ2v) is 3.33. The highest BCUT2D eigenvalue weighted by Crippen LogP contribution is 2.18. The predicted octanol–water partition coefficient (Wildman–Crippen LogP) is 2.38. The Morgan fingerprint density at radius 3 is 1.89 bits per heavy atom. The first-order chi connectivity index (χ1) is 3.92. The zero-order valence-corrected chi connectivity index (χ0v) is 6.18. The molecule has 2 N–H and O–H groups in total. The molecule has 0 saturated heterocycles. The van der Waals surface area contributed by atoms with Gasteiger partial charge in [-0.2, -0.15) is 0 Å². The van der Waals surface area contributed by atoms with Crippen LogP contribution in [0.4, 0.5) is 0 Å². The minimum absolute atomic E-state index is 0.136. The quantitative estimate of drug-likeness (QED) is 0.535. The Kier molecular flexibility index (Phi) is 2.56. The van der Waals surface area contributed by atoms with Crippen LogP contribution in [-0.4, -0.2) is 10.2 Å². The SMILES string of the molecule is CC(C)(C)CC=C(O)O. The van der Waals surface area contributed by atoms with Gasteiger partial charge in [-0.05, 0) is 17.9 Å². The maximum Gasteiger partial charge on any atom is 0.269 e. The standard InChI is InChI=1S/C7H14O2/c1-7(2,3)5-4-6(8)9/h4,8-9H,5H2,1-3H3. The Morgan fingerprint density at radius 2 is 1.78 bits per heavy atom. The van der Waals surface area contributed by atoms with Crippen LogP contribution in [0.2, 0.25) is 0 Å². The molecule has 2 heteroatoms. The number of hydrogen-bond donors (Lipinski definition) is 2. The Labute approximate surface area is 55.8 Å². The highest BCUT2D eigenvalue weighted by atomic mass is 16.5. The van der Waals surface area contributed by atoms with E-state index in [-0.39, 0.29) is 5.41 Å². The second kappa shape index (κ2) is 2.76. The molecule has 0 spiro atoms. The van der Waals surface area contributed by atoms with Crippen LogP contribution in [0.3, 0.4) is 0 Å². The fraction of sp³-hybridized carbons (Fsp3) is 0.714. The van der Waals surface area contributed by atoms with Crippen LogP contribution < -0.4 is 0 Å². The van der Waals surface area contributed by atoms with Gasteiger partial charge in [-0.1, -0.05) is 20.8 Å². The molecule has 0 radical (unpaired) electrons. The van der Waals surface area contributed by atoms with Crippen molar-refractivity contribution in [3.05, 3.63) is 12.0 Å². The molecule has 0 heterocycles. The van der Waals surface area contributed by atoms with Crippen LogP contribution in [-0.2, 0) is 0 Å². The zero-order chi connectivity index (χ0) is 7.49. The predicted molar refractivity (Wildman–Crippen MR) is 37.4 cm³/mol. The molecule has 0 bridgehead atoms. The molecule has 0 aromatic rings. The van der Waals surface area contributed by atoms with Gasteiger partial charge in [-0.3, -0.25) is 0 Å². The van der Waals surface area contributed by atoms with Crippen molar-refractivity contribution in [1.29, 1.82) is 0 Å². The summed E-state index contributed by atoms with van der Waals surface area (Å²) in [6.07, 6.45) is 2.09. The molecule has 2 nitrogen and oxygen atoms in total. The number of aliphatic hydroxyl groups excluding tert-OH is 1. The fourth-order valence-electron chi connectivity index (χ4n) is 0.397. The molecule has 54 valence electrons. The third-order valence-corrected chi connectivity index (χ3v) is 0.897. The molecule has 0 unspecified atom stereocenters. The summed E-state index contributed by atoms with van der Waals surface area (Å²) in [5.41, 5.74) is 0.136. The zero-order valence-electron chi connectivity index (χ0n) is 6.18. The normalized spacial score (nSPS) is 11.0. The van der Waals surface area contributed by atoms with Crippen molar-refractivity contribution in [3.8, 4) is 0 Å². The van der Waals surface area contributed by atoms with E-state index in [4.69, 9.17) is 10.2 Å². The maximum atomic E-state index is 8.33. The van der Waals surface area contributed by atoms with Gasteiger partial charge in [0.2, 0.25) is 0 Å². The van der Waals surface area contributed by atoms with E-state index in [1.54, 1.807) is 0 Å². The average molecular weight is 130 g/mol. The lowest BCUT2D eigenvalue weighted by molar-refractivity contribution is 0.186. The topological polar surface area (TPSA) is 40.5 Å². The first-order valence-corrected chi connectivity index (χ1v) is 3.00. The van der Waals surface area contributed by atoms with E-state index in [1.807, 2.05) is 20.8 Å². The Bertz CT molecular complexity index is 105. The van der Waals surface area contributed by atoms with E-state index >= 15 is 0 Å². The Hall–Kier alpha value is -0.660. The third kappa shape index (κ3) is 7.34. The van der Waals surface area contributed by atoms with Crippen LogP contribution in [0.1, 0.15) is 27.2 Å². The minimum Gasteiger partial charge on any atom is -0.481 e. The number of allylic oxidation sites excluding steroid dienone is 1. The van der Waals surface area contributed by atoms with Crippen LogP contribution in [0.5, 0.6) is 0 Å². The molecule has 0 aliphatic carbocycles. The lowest BCUT2D eigenvalue weighted by Crippen LogP contribution is -2.02. The summed E-state index contributed by atoms with van der Waals surface area (Å²) in [5.74, 6) is -0.579. The first kappa shape index (κ1) is 8.34. The van der Waals surface area contributed by atoms with Crippen LogP contribution in [0.25, 0.3) is 0 Å². The number of hydrogen-bond acceptors (Lipinski definition) is 2. The molecule has 0 fully saturated rings. The van der Waals surface area contributed by atoms with E-state index < -0.39 is 5.95 Å².